The Kier molecular flexibility index (Phi) is 3.62. The highest BCUT2D eigenvalue weighted by molar-refractivity contribution is 8.00. The second-order valence-corrected chi connectivity index (χ2v) is 7.90. The van der Waals surface area contributed by atoms with E-state index in [4.69, 9.17) is 5.73 Å². The smallest absolute Gasteiger partial charge is 0.238 e. The number of fused-ring (bicyclic) bond motifs is 1. The van der Waals surface area contributed by atoms with Crippen molar-refractivity contribution in [3.8, 4) is 0 Å². The molecule has 1 aromatic rings. The van der Waals surface area contributed by atoms with Gasteiger partial charge in [0.05, 0.1) is 5.54 Å². The van der Waals surface area contributed by atoms with E-state index in [1.165, 1.54) is 23.3 Å². The first kappa shape index (κ1) is 13.5. The zero-order valence-corrected chi connectivity index (χ0v) is 12.8. The van der Waals surface area contributed by atoms with Gasteiger partial charge in [-0.3, -0.25) is 4.79 Å². The quantitative estimate of drug-likeness (QED) is 0.896. The van der Waals surface area contributed by atoms with Gasteiger partial charge in [-0.15, -0.1) is 23.1 Å². The summed E-state index contributed by atoms with van der Waals surface area (Å²) >= 11 is 3.53. The average molecular weight is 296 g/mol. The number of carbonyl (C=O) groups is 1. The molecule has 5 heteroatoms. The molecule has 3 nitrogen and oxygen atoms in total. The van der Waals surface area contributed by atoms with Crippen molar-refractivity contribution in [1.82, 2.24) is 5.32 Å². The summed E-state index contributed by atoms with van der Waals surface area (Å²) in [5, 5.41) is 5.28. The molecule has 2 atom stereocenters. The first-order valence-corrected chi connectivity index (χ1v) is 8.77. The van der Waals surface area contributed by atoms with Gasteiger partial charge >= 0.3 is 0 Å². The lowest BCUT2D eigenvalue weighted by molar-refractivity contribution is -0.122. The van der Waals surface area contributed by atoms with E-state index < -0.39 is 0 Å². The Morgan fingerprint density at radius 3 is 3.05 bits per heavy atom. The van der Waals surface area contributed by atoms with E-state index in [2.05, 4.69) is 23.7 Å². The van der Waals surface area contributed by atoms with Crippen LogP contribution in [0.25, 0.3) is 0 Å². The maximum atomic E-state index is 12.6. The molecule has 2 aliphatic rings. The summed E-state index contributed by atoms with van der Waals surface area (Å²) < 4.78 is 0. The molecule has 104 valence electrons. The third kappa shape index (κ3) is 2.56. The Hall–Kier alpha value is -0.520. The predicted molar refractivity (Wildman–Crippen MR) is 81.5 cm³/mol. The Balaban J connectivity index is 1.75. The van der Waals surface area contributed by atoms with Gasteiger partial charge in [-0.05, 0) is 54.9 Å². The summed E-state index contributed by atoms with van der Waals surface area (Å²) in [6, 6.07) is 2.10. The number of hydrogen-bond acceptors (Lipinski definition) is 4. The molecule has 3 N–H and O–H groups in total. The van der Waals surface area contributed by atoms with Crippen LogP contribution in [0.2, 0.25) is 0 Å². The van der Waals surface area contributed by atoms with E-state index in [1.807, 2.05) is 0 Å². The number of amides is 1. The number of thioether (sulfide) groups is 1. The van der Waals surface area contributed by atoms with Gasteiger partial charge in [-0.1, -0.05) is 0 Å². The SMILES string of the molecule is CC(CN)(NC(=O)C1SCCc2sccc21)C1CC1. The molecule has 1 amide bonds. The summed E-state index contributed by atoms with van der Waals surface area (Å²) in [7, 11) is 0. The minimum absolute atomic E-state index is 0.0420. The van der Waals surface area contributed by atoms with Crippen molar-refractivity contribution in [2.75, 3.05) is 12.3 Å². The molecule has 1 aliphatic carbocycles. The average Bonchev–Trinajstić information content (AvgIpc) is 3.16. The van der Waals surface area contributed by atoms with Crippen molar-refractivity contribution >= 4 is 29.0 Å². The highest BCUT2D eigenvalue weighted by Gasteiger charge is 2.43. The third-order valence-electron chi connectivity index (χ3n) is 4.23. The third-order valence-corrected chi connectivity index (χ3v) is 6.46. The van der Waals surface area contributed by atoms with Gasteiger partial charge in [0.25, 0.3) is 0 Å². The Morgan fingerprint density at radius 2 is 2.37 bits per heavy atom. The van der Waals surface area contributed by atoms with E-state index in [1.54, 1.807) is 23.1 Å². The fourth-order valence-electron chi connectivity index (χ4n) is 2.75. The van der Waals surface area contributed by atoms with Gasteiger partial charge in [0, 0.05) is 11.4 Å². The monoisotopic (exact) mass is 296 g/mol. The molecule has 0 radical (unpaired) electrons. The maximum Gasteiger partial charge on any atom is 0.238 e. The zero-order valence-electron chi connectivity index (χ0n) is 11.1. The summed E-state index contributed by atoms with van der Waals surface area (Å²) in [6.07, 6.45) is 3.48. The maximum absolute atomic E-state index is 12.6. The second-order valence-electron chi connectivity index (χ2n) is 5.69. The van der Waals surface area contributed by atoms with Crippen LogP contribution in [0.15, 0.2) is 11.4 Å². The molecular formula is C14H20N2OS2. The van der Waals surface area contributed by atoms with Crippen molar-refractivity contribution in [3.05, 3.63) is 21.9 Å². The molecule has 0 saturated heterocycles. The summed E-state index contributed by atoms with van der Waals surface area (Å²) in [5.74, 6) is 1.75. The summed E-state index contributed by atoms with van der Waals surface area (Å²) in [4.78, 5) is 14.0. The molecule has 2 unspecified atom stereocenters. The largest absolute Gasteiger partial charge is 0.348 e. The zero-order chi connectivity index (χ0) is 13.5. The number of hydrogen-bond donors (Lipinski definition) is 2. The predicted octanol–water partition coefficient (Wildman–Crippen LogP) is 2.32. The first-order valence-electron chi connectivity index (χ1n) is 6.84. The standard InChI is InChI=1S/C14H20N2OS2/c1-14(8-15,9-2-3-9)16-13(17)12-10-4-6-18-11(10)5-7-19-12/h4,6,9,12H,2-3,5,7-8,15H2,1H3,(H,16,17). The number of nitrogens with one attached hydrogen (secondary N) is 1. The lowest BCUT2D eigenvalue weighted by atomic mass is 9.95. The first-order chi connectivity index (χ1) is 9.14. The van der Waals surface area contributed by atoms with Crippen LogP contribution in [0, 0.1) is 5.92 Å². The van der Waals surface area contributed by atoms with Crippen molar-refractivity contribution in [1.29, 1.82) is 0 Å². The lowest BCUT2D eigenvalue weighted by Gasteiger charge is -2.32. The van der Waals surface area contributed by atoms with Gasteiger partial charge in [-0.25, -0.2) is 0 Å². The van der Waals surface area contributed by atoms with E-state index in [-0.39, 0.29) is 16.7 Å². The minimum atomic E-state index is -0.217. The molecule has 0 aromatic carbocycles. The Morgan fingerprint density at radius 1 is 1.58 bits per heavy atom. The van der Waals surface area contributed by atoms with Crippen LogP contribution in [0.1, 0.15) is 35.5 Å². The number of rotatable bonds is 4. The topological polar surface area (TPSA) is 55.1 Å². The molecule has 1 fully saturated rings. The number of thiophene rings is 1. The highest BCUT2D eigenvalue weighted by atomic mass is 32.2. The van der Waals surface area contributed by atoms with Crippen molar-refractivity contribution in [2.45, 2.75) is 37.0 Å². The van der Waals surface area contributed by atoms with Crippen molar-refractivity contribution < 1.29 is 4.79 Å². The summed E-state index contributed by atoms with van der Waals surface area (Å²) in [5.41, 5.74) is 6.88. The van der Waals surface area contributed by atoms with Gasteiger partial charge in [-0.2, -0.15) is 0 Å². The highest BCUT2D eigenvalue weighted by Crippen LogP contribution is 2.42. The van der Waals surface area contributed by atoms with Gasteiger partial charge < -0.3 is 11.1 Å². The lowest BCUT2D eigenvalue weighted by Crippen LogP contribution is -2.54. The van der Waals surface area contributed by atoms with Gasteiger partial charge in [0.2, 0.25) is 5.91 Å². The molecule has 3 rings (SSSR count). The fraction of sp³-hybridized carbons (Fsp3) is 0.643. The second kappa shape index (κ2) is 5.11. The molecule has 2 heterocycles. The molecule has 0 spiro atoms. The Labute approximate surface area is 122 Å². The van der Waals surface area contributed by atoms with Crippen LogP contribution in [-0.2, 0) is 11.2 Å². The van der Waals surface area contributed by atoms with E-state index in [9.17, 15) is 4.79 Å². The van der Waals surface area contributed by atoms with Crippen molar-refractivity contribution in [3.63, 3.8) is 0 Å². The fourth-order valence-corrected chi connectivity index (χ4v) is 5.04. The minimum Gasteiger partial charge on any atom is -0.348 e. The number of carbonyl (C=O) groups excluding carboxylic acids is 1. The van der Waals surface area contributed by atoms with Crippen LogP contribution in [0.5, 0.6) is 0 Å². The van der Waals surface area contributed by atoms with Gasteiger partial charge in [0.1, 0.15) is 5.25 Å². The van der Waals surface area contributed by atoms with E-state index in [0.29, 0.717) is 12.5 Å². The van der Waals surface area contributed by atoms with Crippen LogP contribution in [0.4, 0.5) is 0 Å². The number of nitrogens with two attached hydrogens (primary N) is 1. The molecule has 0 bridgehead atoms. The van der Waals surface area contributed by atoms with Crippen molar-refractivity contribution in [2.24, 2.45) is 11.7 Å². The molecular weight excluding hydrogens is 276 g/mol. The van der Waals surface area contributed by atoms with Crippen LogP contribution in [-0.4, -0.2) is 23.7 Å². The number of aryl methyl sites for hydroxylation is 1. The molecule has 1 aliphatic heterocycles. The van der Waals surface area contributed by atoms with Gasteiger partial charge in [0.15, 0.2) is 0 Å². The van der Waals surface area contributed by atoms with Crippen LogP contribution in [0.3, 0.4) is 0 Å². The molecule has 1 aromatic heterocycles. The van der Waals surface area contributed by atoms with Crippen LogP contribution < -0.4 is 11.1 Å². The summed E-state index contributed by atoms with van der Waals surface area (Å²) in [6.45, 7) is 2.61. The van der Waals surface area contributed by atoms with E-state index >= 15 is 0 Å². The molecule has 19 heavy (non-hydrogen) atoms. The Bertz CT molecular complexity index is 484. The normalized spacial score (nSPS) is 25.5. The van der Waals surface area contributed by atoms with E-state index in [0.717, 1.165) is 12.2 Å². The molecule has 1 saturated carbocycles. The van der Waals surface area contributed by atoms with Crippen LogP contribution >= 0.6 is 23.1 Å².